The third kappa shape index (κ3) is 3.24. The van der Waals surface area contributed by atoms with Gasteiger partial charge < -0.3 is 20.1 Å². The van der Waals surface area contributed by atoms with Gasteiger partial charge in [0.1, 0.15) is 0 Å². The van der Waals surface area contributed by atoms with Crippen molar-refractivity contribution in [2.45, 2.75) is 37.7 Å². The van der Waals surface area contributed by atoms with Gasteiger partial charge in [-0.3, -0.25) is 0 Å². The molecule has 1 fully saturated rings. The van der Waals surface area contributed by atoms with Gasteiger partial charge in [-0.2, -0.15) is 4.98 Å². The molecular formula is C11H19N3O3. The molecule has 0 radical (unpaired) electrons. The van der Waals surface area contributed by atoms with Gasteiger partial charge in [-0.15, -0.1) is 0 Å². The molecule has 1 aromatic heterocycles. The van der Waals surface area contributed by atoms with Crippen molar-refractivity contribution >= 4 is 0 Å². The van der Waals surface area contributed by atoms with Crippen LogP contribution in [0.5, 0.6) is 0 Å². The number of hydrogen-bond acceptors (Lipinski definition) is 6. The van der Waals surface area contributed by atoms with Crippen molar-refractivity contribution in [1.82, 2.24) is 10.1 Å². The summed E-state index contributed by atoms with van der Waals surface area (Å²) in [5.74, 6) is 1.47. The van der Waals surface area contributed by atoms with E-state index in [0.717, 1.165) is 31.9 Å². The number of nitrogens with zero attached hydrogens (tertiary/aromatic N) is 2. The van der Waals surface area contributed by atoms with Crippen LogP contribution in [0.3, 0.4) is 0 Å². The molecule has 1 atom stereocenters. The van der Waals surface area contributed by atoms with Crippen molar-refractivity contribution < 1.29 is 14.4 Å². The van der Waals surface area contributed by atoms with E-state index in [0.29, 0.717) is 18.2 Å². The second kappa shape index (κ2) is 5.12. The fourth-order valence-electron chi connectivity index (χ4n) is 1.86. The summed E-state index contributed by atoms with van der Waals surface area (Å²) < 4.78 is 10.4. The molecule has 1 unspecified atom stereocenters. The summed E-state index contributed by atoms with van der Waals surface area (Å²) in [4.78, 5) is 4.32. The second-order valence-corrected chi connectivity index (χ2v) is 4.81. The van der Waals surface area contributed by atoms with E-state index >= 15 is 0 Å². The SMILES string of the molecule is CC(O)(CN)Cc1nc(C2CCOCC2)no1. The zero-order valence-electron chi connectivity index (χ0n) is 10.1. The summed E-state index contributed by atoms with van der Waals surface area (Å²) in [5.41, 5.74) is 4.46. The third-order valence-electron chi connectivity index (χ3n) is 3.04. The van der Waals surface area contributed by atoms with Crippen LogP contribution in [0.15, 0.2) is 4.52 Å². The maximum atomic E-state index is 9.82. The molecule has 6 heteroatoms. The predicted octanol–water partition coefficient (Wildman–Crippen LogP) is 0.216. The molecule has 17 heavy (non-hydrogen) atoms. The maximum absolute atomic E-state index is 9.82. The molecule has 96 valence electrons. The van der Waals surface area contributed by atoms with E-state index in [1.165, 1.54) is 0 Å². The Morgan fingerprint density at radius 1 is 1.47 bits per heavy atom. The molecule has 1 aromatic rings. The van der Waals surface area contributed by atoms with Crippen molar-refractivity contribution in [1.29, 1.82) is 0 Å². The quantitative estimate of drug-likeness (QED) is 0.783. The highest BCUT2D eigenvalue weighted by molar-refractivity contribution is 4.98. The first-order valence-corrected chi connectivity index (χ1v) is 5.93. The molecule has 2 rings (SSSR count). The van der Waals surface area contributed by atoms with E-state index in [1.54, 1.807) is 6.92 Å². The van der Waals surface area contributed by atoms with E-state index in [-0.39, 0.29) is 6.54 Å². The number of hydrogen-bond donors (Lipinski definition) is 2. The Hall–Kier alpha value is -0.980. The van der Waals surface area contributed by atoms with Gasteiger partial charge in [0.25, 0.3) is 0 Å². The van der Waals surface area contributed by atoms with Crippen LogP contribution in [0, 0.1) is 0 Å². The molecule has 0 saturated carbocycles. The minimum absolute atomic E-state index is 0.169. The summed E-state index contributed by atoms with van der Waals surface area (Å²) in [7, 11) is 0. The maximum Gasteiger partial charge on any atom is 0.229 e. The molecule has 1 aliphatic rings. The van der Waals surface area contributed by atoms with E-state index in [9.17, 15) is 5.11 Å². The monoisotopic (exact) mass is 241 g/mol. The highest BCUT2D eigenvalue weighted by Crippen LogP contribution is 2.24. The van der Waals surface area contributed by atoms with E-state index in [4.69, 9.17) is 15.0 Å². The Morgan fingerprint density at radius 2 is 2.18 bits per heavy atom. The van der Waals surface area contributed by atoms with Crippen LogP contribution in [0.4, 0.5) is 0 Å². The summed E-state index contributed by atoms with van der Waals surface area (Å²) in [6, 6.07) is 0. The molecule has 0 bridgehead atoms. The van der Waals surface area contributed by atoms with Crippen LogP contribution in [0.2, 0.25) is 0 Å². The Morgan fingerprint density at radius 3 is 2.82 bits per heavy atom. The van der Waals surface area contributed by atoms with Gasteiger partial charge in [0.05, 0.1) is 12.0 Å². The topological polar surface area (TPSA) is 94.4 Å². The van der Waals surface area contributed by atoms with Gasteiger partial charge >= 0.3 is 0 Å². The van der Waals surface area contributed by atoms with E-state index in [2.05, 4.69) is 10.1 Å². The highest BCUT2D eigenvalue weighted by atomic mass is 16.5. The average molecular weight is 241 g/mol. The summed E-state index contributed by atoms with van der Waals surface area (Å²) in [6.45, 7) is 3.32. The Bertz CT molecular complexity index is 359. The minimum atomic E-state index is -0.987. The highest BCUT2D eigenvalue weighted by Gasteiger charge is 2.25. The lowest BCUT2D eigenvalue weighted by Crippen LogP contribution is -2.36. The first kappa shape index (κ1) is 12.5. The molecule has 6 nitrogen and oxygen atoms in total. The summed E-state index contributed by atoms with van der Waals surface area (Å²) in [6.07, 6.45) is 2.14. The van der Waals surface area contributed by atoms with Crippen molar-refractivity contribution in [2.75, 3.05) is 19.8 Å². The van der Waals surface area contributed by atoms with Gasteiger partial charge in [-0.1, -0.05) is 5.16 Å². The van der Waals surface area contributed by atoms with Gasteiger partial charge in [-0.05, 0) is 19.8 Å². The van der Waals surface area contributed by atoms with Crippen molar-refractivity contribution in [3.8, 4) is 0 Å². The summed E-state index contributed by atoms with van der Waals surface area (Å²) >= 11 is 0. The Kier molecular flexibility index (Phi) is 3.76. The lowest BCUT2D eigenvalue weighted by Gasteiger charge is -2.19. The smallest absolute Gasteiger partial charge is 0.229 e. The molecule has 0 aromatic carbocycles. The van der Waals surface area contributed by atoms with Gasteiger partial charge in [-0.25, -0.2) is 0 Å². The van der Waals surface area contributed by atoms with Gasteiger partial charge in [0.15, 0.2) is 5.82 Å². The molecule has 0 aliphatic carbocycles. The number of nitrogens with two attached hydrogens (primary N) is 1. The number of aliphatic hydroxyl groups is 1. The summed E-state index contributed by atoms with van der Waals surface area (Å²) in [5, 5.41) is 13.8. The fraction of sp³-hybridized carbons (Fsp3) is 0.818. The minimum Gasteiger partial charge on any atom is -0.388 e. The fourth-order valence-corrected chi connectivity index (χ4v) is 1.86. The second-order valence-electron chi connectivity index (χ2n) is 4.81. The molecule has 0 amide bonds. The molecule has 2 heterocycles. The van der Waals surface area contributed by atoms with Crippen LogP contribution in [-0.4, -0.2) is 40.6 Å². The number of ether oxygens (including phenoxy) is 1. The van der Waals surface area contributed by atoms with Crippen molar-refractivity contribution in [3.05, 3.63) is 11.7 Å². The molecular weight excluding hydrogens is 222 g/mol. The normalized spacial score (nSPS) is 21.4. The first-order valence-electron chi connectivity index (χ1n) is 5.93. The van der Waals surface area contributed by atoms with E-state index in [1.807, 2.05) is 0 Å². The lowest BCUT2D eigenvalue weighted by atomic mass is 9.99. The molecule has 1 saturated heterocycles. The molecule has 1 aliphatic heterocycles. The Balaban J connectivity index is 2.00. The number of rotatable bonds is 4. The first-order chi connectivity index (χ1) is 8.11. The molecule has 0 spiro atoms. The van der Waals surface area contributed by atoms with Gasteiger partial charge in [0.2, 0.25) is 5.89 Å². The number of aromatic nitrogens is 2. The zero-order chi connectivity index (χ0) is 12.3. The van der Waals surface area contributed by atoms with Crippen LogP contribution < -0.4 is 5.73 Å². The standard InChI is InChI=1S/C11H19N3O3/c1-11(15,7-12)6-9-13-10(14-17-9)8-2-4-16-5-3-8/h8,15H,2-7,12H2,1H3. The Labute approximate surface area is 100 Å². The van der Waals surface area contributed by atoms with Crippen LogP contribution in [0.25, 0.3) is 0 Å². The average Bonchev–Trinajstić information content (AvgIpc) is 2.78. The third-order valence-corrected chi connectivity index (χ3v) is 3.04. The predicted molar refractivity (Wildman–Crippen MR) is 60.5 cm³/mol. The van der Waals surface area contributed by atoms with Crippen LogP contribution in [0.1, 0.15) is 37.4 Å². The van der Waals surface area contributed by atoms with Crippen LogP contribution >= 0.6 is 0 Å². The van der Waals surface area contributed by atoms with Gasteiger partial charge in [0, 0.05) is 25.7 Å². The van der Waals surface area contributed by atoms with Crippen LogP contribution in [-0.2, 0) is 11.2 Å². The zero-order valence-corrected chi connectivity index (χ0v) is 10.1. The largest absolute Gasteiger partial charge is 0.388 e. The van der Waals surface area contributed by atoms with Crippen molar-refractivity contribution in [2.24, 2.45) is 5.73 Å². The molecule has 3 N–H and O–H groups in total. The lowest BCUT2D eigenvalue weighted by molar-refractivity contribution is 0.0610. The van der Waals surface area contributed by atoms with Crippen molar-refractivity contribution in [3.63, 3.8) is 0 Å². The van der Waals surface area contributed by atoms with E-state index < -0.39 is 5.60 Å².